The fourth-order valence-electron chi connectivity index (χ4n) is 3.70. The first-order valence-corrected chi connectivity index (χ1v) is 11.3. The molecule has 0 amide bonds. The van der Waals surface area contributed by atoms with Crippen LogP contribution >= 0.6 is 24.0 Å². The molecule has 2 N–H and O–H groups in total. The van der Waals surface area contributed by atoms with Gasteiger partial charge in [-0.2, -0.15) is 0 Å². The zero-order valence-corrected chi connectivity index (χ0v) is 21.0. The molecule has 1 aliphatic rings. The van der Waals surface area contributed by atoms with Crippen LogP contribution in [0.25, 0.3) is 0 Å². The van der Waals surface area contributed by atoms with E-state index in [1.807, 2.05) is 6.07 Å². The standard InChI is InChI=1S/C25H36N4O.HI/c1-2-26-25(28-20-22-10-5-3-6-11-22)27-16-9-19-30-24-14-17-29(18-15-24)21-23-12-7-4-8-13-23;/h3-8,10-13,24H,2,9,14-21H2,1H3,(H2,26,27,28);1H. The Bertz CT molecular complexity index is 734. The lowest BCUT2D eigenvalue weighted by molar-refractivity contribution is 0.00534. The van der Waals surface area contributed by atoms with Crippen molar-refractivity contribution < 1.29 is 4.74 Å². The number of benzene rings is 2. The number of nitrogens with one attached hydrogen (secondary N) is 2. The molecule has 0 bridgehead atoms. The molecule has 1 saturated heterocycles. The predicted molar refractivity (Wildman–Crippen MR) is 140 cm³/mol. The smallest absolute Gasteiger partial charge is 0.191 e. The SMILES string of the molecule is CCNC(=NCc1ccccc1)NCCCOC1CCN(Cc2ccccc2)CC1.I. The molecule has 1 heterocycles. The number of aliphatic imine (C=N–C) groups is 1. The highest BCUT2D eigenvalue weighted by molar-refractivity contribution is 14.0. The monoisotopic (exact) mass is 536 g/mol. The first kappa shape index (κ1) is 25.6. The Labute approximate surface area is 204 Å². The molecule has 170 valence electrons. The summed E-state index contributed by atoms with van der Waals surface area (Å²) in [6, 6.07) is 21.1. The summed E-state index contributed by atoms with van der Waals surface area (Å²) in [5.74, 6) is 0.871. The first-order chi connectivity index (χ1) is 14.8. The van der Waals surface area contributed by atoms with Crippen LogP contribution in [0.4, 0.5) is 0 Å². The summed E-state index contributed by atoms with van der Waals surface area (Å²) >= 11 is 0. The first-order valence-electron chi connectivity index (χ1n) is 11.3. The Balaban J connectivity index is 0.00000341. The Hall–Kier alpha value is -1.64. The fourth-order valence-corrected chi connectivity index (χ4v) is 3.70. The molecule has 1 aliphatic heterocycles. The third-order valence-corrected chi connectivity index (χ3v) is 5.36. The average Bonchev–Trinajstić information content (AvgIpc) is 2.79. The Morgan fingerprint density at radius 2 is 1.61 bits per heavy atom. The van der Waals surface area contributed by atoms with Gasteiger partial charge in [0.15, 0.2) is 5.96 Å². The van der Waals surface area contributed by atoms with Gasteiger partial charge in [0.05, 0.1) is 12.6 Å². The van der Waals surface area contributed by atoms with Gasteiger partial charge in [-0.15, -0.1) is 24.0 Å². The molecule has 0 unspecified atom stereocenters. The van der Waals surface area contributed by atoms with E-state index in [1.165, 1.54) is 11.1 Å². The van der Waals surface area contributed by atoms with Gasteiger partial charge in [-0.05, 0) is 37.3 Å². The van der Waals surface area contributed by atoms with Crippen molar-refractivity contribution in [1.29, 1.82) is 0 Å². The van der Waals surface area contributed by atoms with Crippen LogP contribution in [0.1, 0.15) is 37.3 Å². The summed E-state index contributed by atoms with van der Waals surface area (Å²) in [5, 5.41) is 6.72. The van der Waals surface area contributed by atoms with Crippen LogP contribution in [-0.4, -0.2) is 49.7 Å². The quantitative estimate of drug-likeness (QED) is 0.204. The highest BCUT2D eigenvalue weighted by Crippen LogP contribution is 2.16. The van der Waals surface area contributed by atoms with Gasteiger partial charge in [-0.25, -0.2) is 4.99 Å². The summed E-state index contributed by atoms with van der Waals surface area (Å²) < 4.78 is 6.13. The van der Waals surface area contributed by atoms with E-state index in [4.69, 9.17) is 4.74 Å². The second-order valence-electron chi connectivity index (χ2n) is 7.79. The lowest BCUT2D eigenvalue weighted by Gasteiger charge is -2.32. The molecule has 2 aromatic carbocycles. The van der Waals surface area contributed by atoms with Crippen molar-refractivity contribution in [2.24, 2.45) is 4.99 Å². The van der Waals surface area contributed by atoms with E-state index >= 15 is 0 Å². The van der Waals surface area contributed by atoms with Gasteiger partial charge in [0.2, 0.25) is 0 Å². The number of guanidine groups is 1. The van der Waals surface area contributed by atoms with Crippen molar-refractivity contribution in [2.45, 2.75) is 45.4 Å². The largest absolute Gasteiger partial charge is 0.378 e. The van der Waals surface area contributed by atoms with E-state index in [9.17, 15) is 0 Å². The number of rotatable bonds is 10. The minimum Gasteiger partial charge on any atom is -0.378 e. The second-order valence-corrected chi connectivity index (χ2v) is 7.79. The van der Waals surface area contributed by atoms with Crippen molar-refractivity contribution in [1.82, 2.24) is 15.5 Å². The molecule has 1 fully saturated rings. The summed E-state index contributed by atoms with van der Waals surface area (Å²) in [5.41, 5.74) is 2.62. The Kier molecular flexibility index (Phi) is 12.6. The van der Waals surface area contributed by atoms with Crippen LogP contribution in [0.15, 0.2) is 65.7 Å². The molecule has 0 aromatic heterocycles. The van der Waals surface area contributed by atoms with Crippen LogP contribution in [0.2, 0.25) is 0 Å². The summed E-state index contributed by atoms with van der Waals surface area (Å²) in [6.45, 7) is 8.60. The van der Waals surface area contributed by atoms with Gasteiger partial charge in [-0.1, -0.05) is 60.7 Å². The van der Waals surface area contributed by atoms with E-state index in [0.29, 0.717) is 12.6 Å². The highest BCUT2D eigenvalue weighted by Gasteiger charge is 2.19. The van der Waals surface area contributed by atoms with Crippen molar-refractivity contribution in [3.05, 3.63) is 71.8 Å². The normalized spacial score (nSPS) is 15.3. The Morgan fingerprint density at radius 3 is 2.26 bits per heavy atom. The number of ether oxygens (including phenoxy) is 1. The molecule has 5 nitrogen and oxygen atoms in total. The van der Waals surface area contributed by atoms with Gasteiger partial charge >= 0.3 is 0 Å². The number of piperidine rings is 1. The number of halogens is 1. The van der Waals surface area contributed by atoms with E-state index < -0.39 is 0 Å². The molecule has 2 aromatic rings. The van der Waals surface area contributed by atoms with Crippen LogP contribution in [0.5, 0.6) is 0 Å². The third-order valence-electron chi connectivity index (χ3n) is 5.36. The fraction of sp³-hybridized carbons (Fsp3) is 0.480. The van der Waals surface area contributed by atoms with Crippen molar-refractivity contribution in [3.8, 4) is 0 Å². The van der Waals surface area contributed by atoms with Crippen LogP contribution in [0, 0.1) is 0 Å². The molecule has 0 radical (unpaired) electrons. The molecular formula is C25H37IN4O. The van der Waals surface area contributed by atoms with Gasteiger partial charge in [-0.3, -0.25) is 4.90 Å². The molecule has 6 heteroatoms. The van der Waals surface area contributed by atoms with E-state index in [0.717, 1.165) is 64.6 Å². The maximum Gasteiger partial charge on any atom is 0.191 e. The molecular weight excluding hydrogens is 499 g/mol. The lowest BCUT2D eigenvalue weighted by Crippen LogP contribution is -2.38. The molecule has 0 saturated carbocycles. The van der Waals surface area contributed by atoms with Gasteiger partial charge in [0.1, 0.15) is 0 Å². The van der Waals surface area contributed by atoms with E-state index in [1.54, 1.807) is 0 Å². The average molecular weight is 537 g/mol. The molecule has 0 atom stereocenters. The summed E-state index contributed by atoms with van der Waals surface area (Å²) in [4.78, 5) is 7.19. The number of hydrogen-bond donors (Lipinski definition) is 2. The molecule has 0 spiro atoms. The molecule has 3 rings (SSSR count). The third kappa shape index (κ3) is 10.0. The molecule has 0 aliphatic carbocycles. The highest BCUT2D eigenvalue weighted by atomic mass is 127. The maximum atomic E-state index is 6.13. The van der Waals surface area contributed by atoms with Gasteiger partial charge < -0.3 is 15.4 Å². The van der Waals surface area contributed by atoms with Crippen LogP contribution in [0.3, 0.4) is 0 Å². The number of hydrogen-bond acceptors (Lipinski definition) is 3. The van der Waals surface area contributed by atoms with Crippen LogP contribution < -0.4 is 10.6 Å². The van der Waals surface area contributed by atoms with Crippen molar-refractivity contribution in [3.63, 3.8) is 0 Å². The summed E-state index contributed by atoms with van der Waals surface area (Å²) in [7, 11) is 0. The van der Waals surface area contributed by atoms with E-state index in [2.05, 4.69) is 82.0 Å². The maximum absolute atomic E-state index is 6.13. The molecule has 31 heavy (non-hydrogen) atoms. The minimum absolute atomic E-state index is 0. The number of likely N-dealkylation sites (tertiary alicyclic amines) is 1. The second kappa shape index (κ2) is 15.2. The van der Waals surface area contributed by atoms with Crippen LogP contribution in [-0.2, 0) is 17.8 Å². The van der Waals surface area contributed by atoms with Gasteiger partial charge in [0, 0.05) is 39.3 Å². The van der Waals surface area contributed by atoms with E-state index in [-0.39, 0.29) is 24.0 Å². The van der Waals surface area contributed by atoms with Gasteiger partial charge in [0.25, 0.3) is 0 Å². The Morgan fingerprint density at radius 1 is 0.968 bits per heavy atom. The van der Waals surface area contributed by atoms with Crippen molar-refractivity contribution >= 4 is 29.9 Å². The zero-order chi connectivity index (χ0) is 20.9. The number of nitrogens with zero attached hydrogens (tertiary/aromatic N) is 2. The summed E-state index contributed by atoms with van der Waals surface area (Å²) in [6.07, 6.45) is 3.64. The zero-order valence-electron chi connectivity index (χ0n) is 18.6. The van der Waals surface area contributed by atoms with Crippen molar-refractivity contribution in [2.75, 3.05) is 32.8 Å². The minimum atomic E-state index is 0. The topological polar surface area (TPSA) is 48.9 Å². The predicted octanol–water partition coefficient (Wildman–Crippen LogP) is 4.43. The lowest BCUT2D eigenvalue weighted by atomic mass is 10.1.